The molecule has 1 fully saturated rings. The summed E-state index contributed by atoms with van der Waals surface area (Å²) in [4.78, 5) is 0. The molecular formula is C15H21N. The highest BCUT2D eigenvalue weighted by molar-refractivity contribution is 5.64. The maximum Gasteiger partial charge on any atom is -0.00424 e. The minimum Gasteiger partial charge on any atom is -0.330 e. The summed E-state index contributed by atoms with van der Waals surface area (Å²) in [5.74, 6) is 0.822. The molecule has 1 aromatic rings. The Morgan fingerprint density at radius 3 is 2.88 bits per heavy atom. The zero-order chi connectivity index (χ0) is 11.4. The largest absolute Gasteiger partial charge is 0.330 e. The quantitative estimate of drug-likeness (QED) is 0.814. The fraction of sp³-hybridized carbons (Fsp3) is 0.467. The van der Waals surface area contributed by atoms with Crippen LogP contribution in [-0.2, 0) is 0 Å². The van der Waals surface area contributed by atoms with Crippen LogP contribution in [-0.4, -0.2) is 6.54 Å². The van der Waals surface area contributed by atoms with E-state index in [-0.39, 0.29) is 0 Å². The lowest BCUT2D eigenvalue weighted by Crippen LogP contribution is -2.08. The fourth-order valence-corrected chi connectivity index (χ4v) is 2.20. The Bertz CT molecular complexity index is 375. The van der Waals surface area contributed by atoms with Gasteiger partial charge in [-0.05, 0) is 55.3 Å². The van der Waals surface area contributed by atoms with Crippen LogP contribution in [0, 0.1) is 0 Å². The van der Waals surface area contributed by atoms with Gasteiger partial charge in [0.2, 0.25) is 0 Å². The maximum absolute atomic E-state index is 5.52. The number of allylic oxidation sites excluding steroid dienone is 1. The molecule has 1 nitrogen and oxygen atoms in total. The minimum absolute atomic E-state index is 0.736. The summed E-state index contributed by atoms with van der Waals surface area (Å²) in [5, 5.41) is 0. The second-order valence-electron chi connectivity index (χ2n) is 4.72. The second kappa shape index (κ2) is 5.31. The molecular weight excluding hydrogens is 194 g/mol. The third-order valence-electron chi connectivity index (χ3n) is 3.54. The van der Waals surface area contributed by atoms with Crippen LogP contribution in [0.2, 0.25) is 0 Å². The van der Waals surface area contributed by atoms with Crippen molar-refractivity contribution in [2.24, 2.45) is 5.73 Å². The summed E-state index contributed by atoms with van der Waals surface area (Å²) in [6.07, 6.45) is 7.35. The molecule has 1 aliphatic carbocycles. The summed E-state index contributed by atoms with van der Waals surface area (Å²) < 4.78 is 0. The van der Waals surface area contributed by atoms with Crippen molar-refractivity contribution in [1.82, 2.24) is 0 Å². The third kappa shape index (κ3) is 2.53. The van der Waals surface area contributed by atoms with Crippen molar-refractivity contribution < 1.29 is 0 Å². The number of hydrogen-bond donors (Lipinski definition) is 1. The standard InChI is InChI=1S/C15H21N/c1-12(5-4-10-16)14-8-3-9-15(11-14)13-6-2-7-13/h3,5,8-9,11,13H,2,4,6-7,10,16H2,1H3/b12-5-. The summed E-state index contributed by atoms with van der Waals surface area (Å²) in [5.41, 5.74) is 9.75. The topological polar surface area (TPSA) is 26.0 Å². The fourth-order valence-electron chi connectivity index (χ4n) is 2.20. The summed E-state index contributed by atoms with van der Waals surface area (Å²) in [6, 6.07) is 9.00. The molecule has 0 bridgehead atoms. The number of benzene rings is 1. The van der Waals surface area contributed by atoms with Gasteiger partial charge in [0.15, 0.2) is 0 Å². The molecule has 86 valence electrons. The van der Waals surface area contributed by atoms with Gasteiger partial charge in [0.1, 0.15) is 0 Å². The van der Waals surface area contributed by atoms with E-state index in [0.29, 0.717) is 0 Å². The van der Waals surface area contributed by atoms with Crippen LogP contribution < -0.4 is 5.73 Å². The molecule has 1 heteroatoms. The van der Waals surface area contributed by atoms with Gasteiger partial charge in [0.25, 0.3) is 0 Å². The minimum atomic E-state index is 0.736. The van der Waals surface area contributed by atoms with Crippen molar-refractivity contribution in [1.29, 1.82) is 0 Å². The van der Waals surface area contributed by atoms with E-state index >= 15 is 0 Å². The van der Waals surface area contributed by atoms with Crippen LogP contribution in [0.1, 0.15) is 49.7 Å². The molecule has 0 unspecified atom stereocenters. The van der Waals surface area contributed by atoms with Gasteiger partial charge in [0.05, 0.1) is 0 Å². The molecule has 1 aromatic carbocycles. The van der Waals surface area contributed by atoms with Crippen molar-refractivity contribution in [2.75, 3.05) is 6.54 Å². The number of hydrogen-bond acceptors (Lipinski definition) is 1. The Labute approximate surface area is 98.4 Å². The van der Waals surface area contributed by atoms with E-state index < -0.39 is 0 Å². The smallest absolute Gasteiger partial charge is 0.00424 e. The molecule has 0 spiro atoms. The molecule has 0 saturated heterocycles. The Kier molecular flexibility index (Phi) is 3.79. The SMILES string of the molecule is C/C(=C/CCN)c1cccc(C2CCC2)c1. The predicted octanol–water partition coefficient (Wildman–Crippen LogP) is 3.71. The average Bonchev–Trinajstić information content (AvgIpc) is 2.24. The predicted molar refractivity (Wildman–Crippen MR) is 70.4 cm³/mol. The van der Waals surface area contributed by atoms with E-state index in [1.807, 2.05) is 0 Å². The molecule has 1 aliphatic rings. The van der Waals surface area contributed by atoms with Gasteiger partial charge in [0, 0.05) is 0 Å². The maximum atomic E-state index is 5.52. The molecule has 0 atom stereocenters. The molecule has 0 aromatic heterocycles. The third-order valence-corrected chi connectivity index (χ3v) is 3.54. The highest BCUT2D eigenvalue weighted by Crippen LogP contribution is 2.37. The average molecular weight is 215 g/mol. The van der Waals surface area contributed by atoms with E-state index in [4.69, 9.17) is 5.73 Å². The van der Waals surface area contributed by atoms with Gasteiger partial charge in [-0.2, -0.15) is 0 Å². The second-order valence-corrected chi connectivity index (χ2v) is 4.72. The summed E-state index contributed by atoms with van der Waals surface area (Å²) >= 11 is 0. The van der Waals surface area contributed by atoms with Crippen molar-refractivity contribution >= 4 is 5.57 Å². The van der Waals surface area contributed by atoms with Crippen LogP contribution in [0.5, 0.6) is 0 Å². The zero-order valence-electron chi connectivity index (χ0n) is 10.1. The van der Waals surface area contributed by atoms with Crippen LogP contribution in [0.4, 0.5) is 0 Å². The zero-order valence-corrected chi connectivity index (χ0v) is 10.1. The van der Waals surface area contributed by atoms with Gasteiger partial charge in [-0.15, -0.1) is 0 Å². The lowest BCUT2D eigenvalue weighted by atomic mass is 9.79. The first-order chi connectivity index (χ1) is 7.81. The normalized spacial score (nSPS) is 17.2. The Morgan fingerprint density at radius 2 is 2.25 bits per heavy atom. The number of rotatable bonds is 4. The Hall–Kier alpha value is -1.08. The summed E-state index contributed by atoms with van der Waals surface area (Å²) in [6.45, 7) is 2.91. The van der Waals surface area contributed by atoms with Crippen molar-refractivity contribution in [3.63, 3.8) is 0 Å². The Morgan fingerprint density at radius 1 is 1.44 bits per heavy atom. The van der Waals surface area contributed by atoms with E-state index in [9.17, 15) is 0 Å². The van der Waals surface area contributed by atoms with Crippen molar-refractivity contribution in [3.05, 3.63) is 41.5 Å². The monoisotopic (exact) mass is 215 g/mol. The van der Waals surface area contributed by atoms with Gasteiger partial charge in [-0.3, -0.25) is 0 Å². The van der Waals surface area contributed by atoms with E-state index in [0.717, 1.165) is 18.9 Å². The highest BCUT2D eigenvalue weighted by atomic mass is 14.5. The molecule has 2 N–H and O–H groups in total. The molecule has 16 heavy (non-hydrogen) atoms. The van der Waals surface area contributed by atoms with E-state index in [1.165, 1.54) is 36.0 Å². The van der Waals surface area contributed by atoms with Crippen molar-refractivity contribution in [2.45, 2.75) is 38.5 Å². The van der Waals surface area contributed by atoms with E-state index in [2.05, 4.69) is 37.3 Å². The molecule has 2 rings (SSSR count). The molecule has 1 saturated carbocycles. The van der Waals surface area contributed by atoms with Gasteiger partial charge in [-0.25, -0.2) is 0 Å². The lowest BCUT2D eigenvalue weighted by molar-refractivity contribution is 0.419. The van der Waals surface area contributed by atoms with Crippen LogP contribution in [0.3, 0.4) is 0 Å². The van der Waals surface area contributed by atoms with Gasteiger partial charge < -0.3 is 5.73 Å². The highest BCUT2D eigenvalue weighted by Gasteiger charge is 2.19. The molecule has 0 radical (unpaired) electrons. The molecule has 0 amide bonds. The first kappa shape index (κ1) is 11.4. The summed E-state index contributed by atoms with van der Waals surface area (Å²) in [7, 11) is 0. The molecule has 0 aliphatic heterocycles. The number of nitrogens with two attached hydrogens (primary N) is 1. The molecule has 0 heterocycles. The van der Waals surface area contributed by atoms with Crippen LogP contribution in [0.15, 0.2) is 30.3 Å². The van der Waals surface area contributed by atoms with Gasteiger partial charge in [-0.1, -0.05) is 36.8 Å². The van der Waals surface area contributed by atoms with Crippen LogP contribution >= 0.6 is 0 Å². The Balaban J connectivity index is 2.14. The lowest BCUT2D eigenvalue weighted by Gasteiger charge is -2.26. The van der Waals surface area contributed by atoms with Gasteiger partial charge >= 0.3 is 0 Å². The first-order valence-corrected chi connectivity index (χ1v) is 6.28. The first-order valence-electron chi connectivity index (χ1n) is 6.28. The van der Waals surface area contributed by atoms with E-state index in [1.54, 1.807) is 0 Å². The van der Waals surface area contributed by atoms with Crippen molar-refractivity contribution in [3.8, 4) is 0 Å². The van der Waals surface area contributed by atoms with Crippen LogP contribution in [0.25, 0.3) is 5.57 Å².